The lowest BCUT2D eigenvalue weighted by Gasteiger charge is -2.31. The predicted octanol–water partition coefficient (Wildman–Crippen LogP) is 2.96. The van der Waals surface area contributed by atoms with Crippen molar-refractivity contribution in [3.8, 4) is 10.6 Å². The number of hydrogen-bond donors (Lipinski definition) is 1. The Bertz CT molecular complexity index is 1110. The van der Waals surface area contributed by atoms with E-state index >= 15 is 0 Å². The molecule has 9 heteroatoms. The lowest BCUT2D eigenvalue weighted by molar-refractivity contribution is -0.120. The minimum Gasteiger partial charge on any atom is -0.355 e. The quantitative estimate of drug-likeness (QED) is 0.590. The molecular weight excluding hydrogens is 432 g/mol. The lowest BCUT2D eigenvalue weighted by Crippen LogP contribution is -2.41. The van der Waals surface area contributed by atoms with Crippen LogP contribution in [0.2, 0.25) is 0 Å². The predicted molar refractivity (Wildman–Crippen MR) is 120 cm³/mol. The third-order valence-corrected chi connectivity index (χ3v) is 8.20. The van der Waals surface area contributed by atoms with Crippen LogP contribution in [0.25, 0.3) is 10.6 Å². The summed E-state index contributed by atoms with van der Waals surface area (Å²) in [7, 11) is -3.44. The number of sulfonamides is 1. The Kier molecular flexibility index (Phi) is 6.74. The normalized spacial score (nSPS) is 15.6. The number of nitrogens with zero attached hydrogens (tertiary/aromatic N) is 3. The number of hydrogen-bond acceptors (Lipinski definition) is 6. The van der Waals surface area contributed by atoms with Crippen molar-refractivity contribution in [3.05, 3.63) is 65.9 Å². The molecule has 0 bridgehead atoms. The number of nitrogens with one attached hydrogen (secondary N) is 1. The average molecular weight is 457 g/mol. The van der Waals surface area contributed by atoms with Crippen LogP contribution in [0.4, 0.5) is 0 Å². The summed E-state index contributed by atoms with van der Waals surface area (Å²) in [6.07, 6.45) is 5.17. The van der Waals surface area contributed by atoms with Crippen LogP contribution >= 0.6 is 11.3 Å². The first-order chi connectivity index (χ1) is 15.0. The van der Waals surface area contributed by atoms with Crippen LogP contribution in [0.3, 0.4) is 0 Å². The molecule has 0 aliphatic carbocycles. The van der Waals surface area contributed by atoms with Crippen molar-refractivity contribution in [3.63, 3.8) is 0 Å². The molecule has 1 aromatic carbocycles. The monoisotopic (exact) mass is 456 g/mol. The van der Waals surface area contributed by atoms with Crippen molar-refractivity contribution in [1.82, 2.24) is 19.6 Å². The molecule has 0 unspecified atom stereocenters. The van der Waals surface area contributed by atoms with E-state index < -0.39 is 10.0 Å². The largest absolute Gasteiger partial charge is 0.355 e. The summed E-state index contributed by atoms with van der Waals surface area (Å²) in [4.78, 5) is 21.3. The van der Waals surface area contributed by atoms with E-state index in [9.17, 15) is 13.2 Å². The SMILES string of the molecule is O=C(Cc1csc(-c2cccnc2)n1)NCC1CCN(S(=O)(=O)c2ccccc2)CC1. The smallest absolute Gasteiger partial charge is 0.243 e. The Morgan fingerprint density at radius 1 is 1.13 bits per heavy atom. The van der Waals surface area contributed by atoms with Crippen LogP contribution in [0.1, 0.15) is 18.5 Å². The Morgan fingerprint density at radius 2 is 1.90 bits per heavy atom. The van der Waals surface area contributed by atoms with Gasteiger partial charge in [0.05, 0.1) is 17.0 Å². The second kappa shape index (κ2) is 9.67. The zero-order valence-electron chi connectivity index (χ0n) is 17.0. The van der Waals surface area contributed by atoms with E-state index in [2.05, 4.69) is 15.3 Å². The number of amides is 1. The zero-order chi connectivity index (χ0) is 21.7. The van der Waals surface area contributed by atoms with Crippen molar-refractivity contribution >= 4 is 27.3 Å². The van der Waals surface area contributed by atoms with E-state index in [1.807, 2.05) is 17.5 Å². The number of aromatic nitrogens is 2. The van der Waals surface area contributed by atoms with Crippen LogP contribution in [0.5, 0.6) is 0 Å². The molecule has 0 atom stereocenters. The number of rotatable bonds is 7. The molecule has 162 valence electrons. The second-order valence-electron chi connectivity index (χ2n) is 7.53. The molecule has 0 radical (unpaired) electrons. The van der Waals surface area contributed by atoms with Gasteiger partial charge in [-0.2, -0.15) is 4.31 Å². The fraction of sp³-hybridized carbons (Fsp3) is 0.318. The van der Waals surface area contributed by atoms with Crippen molar-refractivity contribution in [2.45, 2.75) is 24.2 Å². The van der Waals surface area contributed by atoms with Crippen molar-refractivity contribution in [2.24, 2.45) is 5.92 Å². The van der Waals surface area contributed by atoms with Gasteiger partial charge in [0, 0.05) is 43.0 Å². The summed E-state index contributed by atoms with van der Waals surface area (Å²) in [6, 6.07) is 12.3. The molecule has 4 rings (SSSR count). The van der Waals surface area contributed by atoms with Gasteiger partial charge < -0.3 is 5.32 Å². The van der Waals surface area contributed by atoms with Gasteiger partial charge in [0.1, 0.15) is 5.01 Å². The molecule has 7 nitrogen and oxygen atoms in total. The third-order valence-electron chi connectivity index (χ3n) is 5.34. The minimum absolute atomic E-state index is 0.0672. The summed E-state index contributed by atoms with van der Waals surface area (Å²) in [5, 5.41) is 5.73. The summed E-state index contributed by atoms with van der Waals surface area (Å²) >= 11 is 1.50. The van der Waals surface area contributed by atoms with Crippen LogP contribution in [-0.4, -0.2) is 48.2 Å². The number of pyridine rings is 1. The van der Waals surface area contributed by atoms with Gasteiger partial charge in [0.2, 0.25) is 15.9 Å². The van der Waals surface area contributed by atoms with E-state index in [4.69, 9.17) is 0 Å². The number of benzene rings is 1. The Morgan fingerprint density at radius 3 is 2.61 bits per heavy atom. The zero-order valence-corrected chi connectivity index (χ0v) is 18.6. The van der Waals surface area contributed by atoms with Gasteiger partial charge in [0.25, 0.3) is 0 Å². The first-order valence-corrected chi connectivity index (χ1v) is 12.5. The highest BCUT2D eigenvalue weighted by molar-refractivity contribution is 7.89. The number of piperidine rings is 1. The first kappa shape index (κ1) is 21.6. The Labute approximate surface area is 186 Å². The molecule has 3 aromatic rings. The van der Waals surface area contributed by atoms with Gasteiger partial charge in [-0.3, -0.25) is 9.78 Å². The number of thiazole rings is 1. The molecule has 0 saturated carbocycles. The van der Waals surface area contributed by atoms with Crippen LogP contribution in [-0.2, 0) is 21.2 Å². The summed E-state index contributed by atoms with van der Waals surface area (Å²) in [5.41, 5.74) is 1.68. The van der Waals surface area contributed by atoms with Gasteiger partial charge >= 0.3 is 0 Å². The molecule has 2 aromatic heterocycles. The van der Waals surface area contributed by atoms with Gasteiger partial charge in [-0.25, -0.2) is 13.4 Å². The van der Waals surface area contributed by atoms with Gasteiger partial charge in [-0.1, -0.05) is 18.2 Å². The molecule has 31 heavy (non-hydrogen) atoms. The fourth-order valence-corrected chi connectivity index (χ4v) is 5.89. The number of carbonyl (C=O) groups is 1. The van der Waals surface area contributed by atoms with Crippen molar-refractivity contribution in [2.75, 3.05) is 19.6 Å². The van der Waals surface area contributed by atoms with Crippen LogP contribution < -0.4 is 5.32 Å². The highest BCUT2D eigenvalue weighted by Crippen LogP contribution is 2.24. The summed E-state index contributed by atoms with van der Waals surface area (Å²) < 4.78 is 27.0. The summed E-state index contributed by atoms with van der Waals surface area (Å²) in [6.45, 7) is 1.49. The molecule has 1 fully saturated rings. The molecule has 1 aliphatic rings. The third kappa shape index (κ3) is 5.36. The van der Waals surface area contributed by atoms with Crippen LogP contribution in [0.15, 0.2) is 65.1 Å². The molecule has 1 aliphatic heterocycles. The maximum atomic E-state index is 12.7. The van der Waals surface area contributed by atoms with E-state index in [0.717, 1.165) is 29.1 Å². The molecule has 0 spiro atoms. The molecule has 1 saturated heterocycles. The standard InChI is InChI=1S/C22H24N4O3S2/c27-21(13-19-16-30-22(25-19)18-5-4-10-23-15-18)24-14-17-8-11-26(12-9-17)31(28,29)20-6-2-1-3-7-20/h1-7,10,15-17H,8-9,11-14H2,(H,24,27). The maximum Gasteiger partial charge on any atom is 0.243 e. The van der Waals surface area contributed by atoms with Crippen molar-refractivity contribution in [1.29, 1.82) is 0 Å². The van der Waals surface area contributed by atoms with E-state index in [1.54, 1.807) is 42.7 Å². The molecule has 1 N–H and O–H groups in total. The van der Waals surface area contributed by atoms with Crippen LogP contribution in [0, 0.1) is 5.92 Å². The molecular formula is C22H24N4O3S2. The average Bonchev–Trinajstić information content (AvgIpc) is 3.27. The molecule has 1 amide bonds. The molecule has 3 heterocycles. The fourth-order valence-electron chi connectivity index (χ4n) is 3.59. The number of carbonyl (C=O) groups excluding carboxylic acids is 1. The second-order valence-corrected chi connectivity index (χ2v) is 10.3. The van der Waals surface area contributed by atoms with Gasteiger partial charge in [0.15, 0.2) is 0 Å². The Hall–Kier alpha value is -2.62. The minimum atomic E-state index is -3.44. The first-order valence-electron chi connectivity index (χ1n) is 10.2. The highest BCUT2D eigenvalue weighted by atomic mass is 32.2. The van der Waals surface area contributed by atoms with Gasteiger partial charge in [-0.15, -0.1) is 11.3 Å². The summed E-state index contributed by atoms with van der Waals surface area (Å²) in [5.74, 6) is 0.204. The van der Waals surface area contributed by atoms with E-state index in [0.29, 0.717) is 24.5 Å². The highest BCUT2D eigenvalue weighted by Gasteiger charge is 2.29. The van der Waals surface area contributed by atoms with Gasteiger partial charge in [-0.05, 0) is 43.0 Å². The topological polar surface area (TPSA) is 92.3 Å². The van der Waals surface area contributed by atoms with Crippen molar-refractivity contribution < 1.29 is 13.2 Å². The maximum absolute atomic E-state index is 12.7. The Balaban J connectivity index is 1.24. The lowest BCUT2D eigenvalue weighted by atomic mass is 9.98. The van der Waals surface area contributed by atoms with E-state index in [1.165, 1.54) is 15.6 Å². The van der Waals surface area contributed by atoms with E-state index in [-0.39, 0.29) is 18.2 Å².